The summed E-state index contributed by atoms with van der Waals surface area (Å²) in [6.45, 7) is 5.86. The minimum absolute atomic E-state index is 0.0700. The van der Waals surface area contributed by atoms with Crippen molar-refractivity contribution in [2.75, 3.05) is 24.5 Å². The van der Waals surface area contributed by atoms with Crippen LogP contribution >= 0.6 is 0 Å². The number of nitro groups is 1. The molecule has 0 aliphatic carbocycles. The lowest BCUT2D eigenvalue weighted by Gasteiger charge is -2.33. The van der Waals surface area contributed by atoms with Crippen LogP contribution in [0.3, 0.4) is 0 Å². The highest BCUT2D eigenvalue weighted by Gasteiger charge is 2.30. The molecule has 3 heterocycles. The summed E-state index contributed by atoms with van der Waals surface area (Å²) in [6, 6.07) is 7.63. The number of amides is 1. The molecule has 0 bridgehead atoms. The van der Waals surface area contributed by atoms with Crippen molar-refractivity contribution in [2.45, 2.75) is 39.7 Å². The minimum Gasteiger partial charge on any atom is -0.438 e. The second kappa shape index (κ2) is 10.3. The van der Waals surface area contributed by atoms with E-state index in [1.165, 1.54) is 12.1 Å². The third-order valence-corrected chi connectivity index (χ3v) is 7.12. The second-order valence-corrected chi connectivity index (χ2v) is 9.84. The number of nitrogens with zero attached hydrogens (tertiary/aromatic N) is 5. The Morgan fingerprint density at radius 1 is 1.08 bits per heavy atom. The number of benzene rings is 2. The molecule has 0 unspecified atom stereocenters. The summed E-state index contributed by atoms with van der Waals surface area (Å²) in [5.41, 5.74) is 1.81. The summed E-state index contributed by atoms with van der Waals surface area (Å²) in [7, 11) is 0. The molecule has 1 saturated heterocycles. The fourth-order valence-corrected chi connectivity index (χ4v) is 4.75. The summed E-state index contributed by atoms with van der Waals surface area (Å²) >= 11 is 0. The van der Waals surface area contributed by atoms with E-state index in [4.69, 9.17) is 9.72 Å². The summed E-state index contributed by atoms with van der Waals surface area (Å²) in [5.74, 6) is -1.06. The lowest BCUT2D eigenvalue weighted by molar-refractivity contribution is -0.385. The average molecular weight is 524 g/mol. The van der Waals surface area contributed by atoms with Crippen molar-refractivity contribution in [1.82, 2.24) is 14.9 Å². The molecule has 2 aliphatic rings. The van der Waals surface area contributed by atoms with Crippen molar-refractivity contribution in [3.8, 4) is 11.6 Å². The SMILES string of the molecule is Cc1ccc(C(=O)N2CCc3nc(N4CCC(C)CC4)nc(Oc4ccc(F)c(F)c4)c3C2)cc1[N+](=O)[O-]. The van der Waals surface area contributed by atoms with Crippen LogP contribution in [0.1, 0.15) is 46.9 Å². The van der Waals surface area contributed by atoms with E-state index in [2.05, 4.69) is 16.8 Å². The van der Waals surface area contributed by atoms with Crippen LogP contribution in [0.2, 0.25) is 0 Å². The van der Waals surface area contributed by atoms with E-state index in [0.717, 1.165) is 38.1 Å². The molecule has 198 valence electrons. The predicted octanol–water partition coefficient (Wildman–Crippen LogP) is 5.20. The van der Waals surface area contributed by atoms with Gasteiger partial charge in [0.1, 0.15) is 5.75 Å². The van der Waals surface area contributed by atoms with E-state index < -0.39 is 16.6 Å². The first-order chi connectivity index (χ1) is 18.2. The van der Waals surface area contributed by atoms with Crippen molar-refractivity contribution in [3.63, 3.8) is 0 Å². The lowest BCUT2D eigenvalue weighted by atomic mass is 9.99. The van der Waals surface area contributed by atoms with Gasteiger partial charge in [-0.25, -0.2) is 13.8 Å². The average Bonchev–Trinajstić information content (AvgIpc) is 2.90. The highest BCUT2D eigenvalue weighted by atomic mass is 19.2. The van der Waals surface area contributed by atoms with Crippen LogP contribution in [0.4, 0.5) is 20.4 Å². The number of rotatable bonds is 5. The van der Waals surface area contributed by atoms with Gasteiger partial charge < -0.3 is 14.5 Å². The molecule has 9 nitrogen and oxygen atoms in total. The van der Waals surface area contributed by atoms with E-state index in [-0.39, 0.29) is 35.3 Å². The van der Waals surface area contributed by atoms with Crippen molar-refractivity contribution in [2.24, 2.45) is 5.92 Å². The number of aromatic nitrogens is 2. The predicted molar refractivity (Wildman–Crippen MR) is 135 cm³/mol. The Kier molecular flexibility index (Phi) is 6.92. The standard InChI is InChI=1S/C27H27F2N5O4/c1-16-7-10-32(11-8-16)27-30-23-9-12-33(26(35)18-4-3-17(2)24(13-18)34(36)37)15-20(23)25(31-27)38-19-5-6-21(28)22(29)14-19/h3-6,13-14,16H,7-12,15H2,1-2H3. The van der Waals surface area contributed by atoms with Gasteiger partial charge in [-0.1, -0.05) is 13.0 Å². The summed E-state index contributed by atoms with van der Waals surface area (Å²) in [4.78, 5) is 37.2. The van der Waals surface area contributed by atoms with Gasteiger partial charge in [0.15, 0.2) is 11.6 Å². The normalized spacial score (nSPS) is 15.8. The lowest BCUT2D eigenvalue weighted by Crippen LogP contribution is -2.38. The van der Waals surface area contributed by atoms with Crippen LogP contribution in [0.25, 0.3) is 0 Å². The zero-order valence-electron chi connectivity index (χ0n) is 21.1. The first-order valence-electron chi connectivity index (χ1n) is 12.5. The monoisotopic (exact) mass is 523 g/mol. The molecule has 1 fully saturated rings. The third kappa shape index (κ3) is 5.13. The molecule has 11 heteroatoms. The maximum absolute atomic E-state index is 13.9. The molecule has 1 amide bonds. The number of piperidine rings is 1. The molecule has 3 aromatic rings. The van der Waals surface area contributed by atoms with Crippen LogP contribution in [0, 0.1) is 34.6 Å². The Morgan fingerprint density at radius 2 is 1.84 bits per heavy atom. The summed E-state index contributed by atoms with van der Waals surface area (Å²) in [5, 5.41) is 11.4. The molecule has 0 N–H and O–H groups in total. The molecule has 2 aromatic carbocycles. The Labute approximate surface area is 218 Å². The van der Waals surface area contributed by atoms with Gasteiger partial charge in [0.05, 0.1) is 22.7 Å². The molecule has 38 heavy (non-hydrogen) atoms. The highest BCUT2D eigenvalue weighted by molar-refractivity contribution is 5.95. The maximum atomic E-state index is 13.9. The Bertz CT molecular complexity index is 1410. The van der Waals surface area contributed by atoms with Crippen molar-refractivity contribution in [3.05, 3.63) is 80.5 Å². The number of halogens is 2. The molecule has 2 aliphatic heterocycles. The van der Waals surface area contributed by atoms with E-state index in [1.807, 2.05) is 0 Å². The number of hydrogen-bond donors (Lipinski definition) is 0. The van der Waals surface area contributed by atoms with Crippen molar-refractivity contribution < 1.29 is 23.2 Å². The molecule has 0 radical (unpaired) electrons. The van der Waals surface area contributed by atoms with E-state index >= 15 is 0 Å². The van der Waals surface area contributed by atoms with Gasteiger partial charge in [-0.05, 0) is 43.9 Å². The van der Waals surface area contributed by atoms with Gasteiger partial charge in [0, 0.05) is 49.3 Å². The Balaban J connectivity index is 1.48. The number of fused-ring (bicyclic) bond motifs is 1. The van der Waals surface area contributed by atoms with Crippen LogP contribution in [-0.4, -0.2) is 45.3 Å². The number of carbonyl (C=O) groups excluding carboxylic acids is 1. The number of nitro benzene ring substituents is 1. The molecule has 0 spiro atoms. The van der Waals surface area contributed by atoms with Crippen LogP contribution in [-0.2, 0) is 13.0 Å². The molecule has 1 aromatic heterocycles. The fraction of sp³-hybridized carbons (Fsp3) is 0.370. The molecule has 0 saturated carbocycles. The largest absolute Gasteiger partial charge is 0.438 e. The van der Waals surface area contributed by atoms with E-state index in [1.54, 1.807) is 24.0 Å². The van der Waals surface area contributed by atoms with Crippen LogP contribution < -0.4 is 9.64 Å². The third-order valence-electron chi connectivity index (χ3n) is 7.12. The fourth-order valence-electron chi connectivity index (χ4n) is 4.75. The quantitative estimate of drug-likeness (QED) is 0.335. The van der Waals surface area contributed by atoms with Gasteiger partial charge in [0.25, 0.3) is 11.6 Å². The maximum Gasteiger partial charge on any atom is 0.273 e. The van der Waals surface area contributed by atoms with Gasteiger partial charge in [-0.3, -0.25) is 14.9 Å². The summed E-state index contributed by atoms with van der Waals surface area (Å²) in [6.07, 6.45) is 2.43. The number of carbonyl (C=O) groups is 1. The van der Waals surface area contributed by atoms with Gasteiger partial charge in [-0.2, -0.15) is 4.98 Å². The molecular formula is C27H27F2N5O4. The van der Waals surface area contributed by atoms with Crippen LogP contribution in [0.15, 0.2) is 36.4 Å². The minimum atomic E-state index is -1.05. The topological polar surface area (TPSA) is 102 Å². The molecule has 0 atom stereocenters. The van der Waals surface area contributed by atoms with Gasteiger partial charge >= 0.3 is 0 Å². The molecular weight excluding hydrogens is 496 g/mol. The molecule has 5 rings (SSSR count). The summed E-state index contributed by atoms with van der Waals surface area (Å²) < 4.78 is 33.4. The number of aryl methyl sites for hydroxylation is 1. The van der Waals surface area contributed by atoms with Crippen molar-refractivity contribution >= 4 is 17.5 Å². The first-order valence-corrected chi connectivity index (χ1v) is 12.5. The van der Waals surface area contributed by atoms with Crippen LogP contribution in [0.5, 0.6) is 11.6 Å². The first kappa shape index (κ1) is 25.5. The number of hydrogen-bond acceptors (Lipinski definition) is 7. The van der Waals surface area contributed by atoms with Crippen molar-refractivity contribution in [1.29, 1.82) is 0 Å². The zero-order chi connectivity index (χ0) is 27.0. The highest BCUT2D eigenvalue weighted by Crippen LogP contribution is 2.33. The van der Waals surface area contributed by atoms with E-state index in [0.29, 0.717) is 41.7 Å². The van der Waals surface area contributed by atoms with E-state index in [9.17, 15) is 23.7 Å². The number of ether oxygens (including phenoxy) is 1. The number of anilines is 1. The smallest absolute Gasteiger partial charge is 0.273 e. The second-order valence-electron chi connectivity index (χ2n) is 9.84. The Hall–Kier alpha value is -4.15. The Morgan fingerprint density at radius 3 is 2.55 bits per heavy atom. The zero-order valence-corrected chi connectivity index (χ0v) is 21.1. The van der Waals surface area contributed by atoms with Gasteiger partial charge in [-0.15, -0.1) is 0 Å². The van der Waals surface area contributed by atoms with Gasteiger partial charge in [0.2, 0.25) is 11.8 Å².